The summed E-state index contributed by atoms with van der Waals surface area (Å²) >= 11 is 0. The fourth-order valence-corrected chi connectivity index (χ4v) is 4.92. The monoisotopic (exact) mass is 413 g/mol. The van der Waals surface area contributed by atoms with Crippen LogP contribution in [0.15, 0.2) is 70.5 Å². The Labute approximate surface area is 181 Å². The van der Waals surface area contributed by atoms with Crippen LogP contribution in [0.25, 0.3) is 21.8 Å². The van der Waals surface area contributed by atoms with Gasteiger partial charge in [-0.3, -0.25) is 9.59 Å². The maximum Gasteiger partial charge on any atom is 0.260 e. The van der Waals surface area contributed by atoms with Crippen molar-refractivity contribution in [3.05, 3.63) is 87.2 Å². The van der Waals surface area contributed by atoms with Crippen molar-refractivity contribution in [2.75, 3.05) is 0 Å². The van der Waals surface area contributed by atoms with Crippen LogP contribution in [0.5, 0.6) is 0 Å². The second-order valence-corrected chi connectivity index (χ2v) is 8.76. The summed E-state index contributed by atoms with van der Waals surface area (Å²) in [6.45, 7) is 2.82. The van der Waals surface area contributed by atoms with Crippen molar-refractivity contribution in [1.29, 1.82) is 0 Å². The van der Waals surface area contributed by atoms with Crippen LogP contribution >= 0.6 is 0 Å². The van der Waals surface area contributed by atoms with Crippen LogP contribution in [0.4, 0.5) is 0 Å². The molecule has 0 spiro atoms. The number of hydrogen-bond acceptors (Lipinski definition) is 3. The van der Waals surface area contributed by atoms with Gasteiger partial charge in [-0.15, -0.1) is 0 Å². The maximum absolute atomic E-state index is 13.3. The predicted octanol–water partition coefficient (Wildman–Crippen LogP) is 4.71. The highest BCUT2D eigenvalue weighted by Gasteiger charge is 2.24. The van der Waals surface area contributed by atoms with E-state index in [1.165, 1.54) is 12.0 Å². The van der Waals surface area contributed by atoms with Gasteiger partial charge < -0.3 is 9.13 Å². The molecule has 3 heterocycles. The van der Waals surface area contributed by atoms with Gasteiger partial charge in [0.05, 0.1) is 21.8 Å². The summed E-state index contributed by atoms with van der Waals surface area (Å²) in [4.78, 5) is 31.1. The molecule has 1 saturated carbocycles. The van der Waals surface area contributed by atoms with Gasteiger partial charge in [-0.05, 0) is 48.9 Å². The van der Waals surface area contributed by atoms with Gasteiger partial charge >= 0.3 is 0 Å². The first-order chi connectivity index (χ1) is 15.1. The zero-order valence-corrected chi connectivity index (χ0v) is 17.8. The average Bonchev–Trinajstić information content (AvgIpc) is 2.80. The van der Waals surface area contributed by atoms with Crippen LogP contribution in [0.2, 0.25) is 0 Å². The van der Waals surface area contributed by atoms with Crippen molar-refractivity contribution >= 4 is 21.8 Å². The molecule has 0 aliphatic heterocycles. The summed E-state index contributed by atoms with van der Waals surface area (Å²) < 4.78 is 3.59. The number of aryl methyl sites for hydroxylation is 2. The molecule has 0 saturated heterocycles. The number of benzene rings is 1. The molecule has 158 valence electrons. The average molecular weight is 414 g/mol. The lowest BCUT2D eigenvalue weighted by Crippen LogP contribution is -2.30. The largest absolute Gasteiger partial charge is 0.315 e. The zero-order valence-electron chi connectivity index (χ0n) is 17.8. The maximum atomic E-state index is 13.3. The highest BCUT2D eigenvalue weighted by atomic mass is 16.1. The van der Waals surface area contributed by atoms with Gasteiger partial charge in [0.15, 0.2) is 0 Å². The van der Waals surface area contributed by atoms with Gasteiger partial charge in [0.1, 0.15) is 0 Å². The van der Waals surface area contributed by atoms with Gasteiger partial charge in [-0.25, -0.2) is 4.98 Å². The summed E-state index contributed by atoms with van der Waals surface area (Å²) in [5.41, 5.74) is 2.35. The van der Waals surface area contributed by atoms with Crippen LogP contribution in [0.1, 0.15) is 44.2 Å². The lowest BCUT2D eigenvalue weighted by atomic mass is 9.85. The molecule has 0 unspecified atom stereocenters. The van der Waals surface area contributed by atoms with Crippen LogP contribution in [0.3, 0.4) is 0 Å². The fraction of sp³-hybridized carbons (Fsp3) is 0.346. The molecule has 0 amide bonds. The first-order valence-corrected chi connectivity index (χ1v) is 11.2. The number of aromatic nitrogens is 3. The van der Waals surface area contributed by atoms with E-state index in [9.17, 15) is 9.59 Å². The second kappa shape index (κ2) is 8.14. The Kier molecular flexibility index (Phi) is 5.18. The molecular formula is C26H27N3O2. The molecule has 4 aromatic rings. The summed E-state index contributed by atoms with van der Waals surface area (Å²) in [6.07, 6.45) is 9.03. The van der Waals surface area contributed by atoms with Crippen molar-refractivity contribution in [1.82, 2.24) is 14.1 Å². The van der Waals surface area contributed by atoms with Crippen LogP contribution < -0.4 is 11.1 Å². The van der Waals surface area contributed by atoms with E-state index in [4.69, 9.17) is 0 Å². The summed E-state index contributed by atoms with van der Waals surface area (Å²) in [5.74, 6) is 0.479. The zero-order chi connectivity index (χ0) is 21.4. The minimum absolute atomic E-state index is 0.0373. The smallest absolute Gasteiger partial charge is 0.260 e. The minimum Gasteiger partial charge on any atom is -0.315 e. The normalized spacial score (nSPS) is 19.1. The molecule has 1 aromatic carbocycles. The SMILES string of the molecule is C[C@H]1CCCC[C@H]1n1ccc2nc3ccn(CCc4ccccc4)c(=O)c3cc2c1=O. The highest BCUT2D eigenvalue weighted by molar-refractivity contribution is 5.91. The number of nitrogens with zero attached hydrogens (tertiary/aromatic N) is 3. The molecule has 0 N–H and O–H groups in total. The third kappa shape index (κ3) is 3.69. The quantitative estimate of drug-likeness (QED) is 0.456. The Hall–Kier alpha value is -3.21. The van der Waals surface area contributed by atoms with E-state index in [-0.39, 0.29) is 17.2 Å². The molecule has 1 aliphatic rings. The molecule has 2 atom stereocenters. The van der Waals surface area contributed by atoms with E-state index in [0.29, 0.717) is 34.3 Å². The van der Waals surface area contributed by atoms with E-state index in [2.05, 4.69) is 24.0 Å². The number of pyridine rings is 3. The van der Waals surface area contributed by atoms with Crippen LogP contribution in [-0.4, -0.2) is 14.1 Å². The van der Waals surface area contributed by atoms with E-state index in [1.54, 1.807) is 16.8 Å². The molecular weight excluding hydrogens is 386 g/mol. The molecule has 5 nitrogen and oxygen atoms in total. The van der Waals surface area contributed by atoms with Gasteiger partial charge in [0.25, 0.3) is 11.1 Å². The summed E-state index contributed by atoms with van der Waals surface area (Å²) in [7, 11) is 0. The molecule has 1 fully saturated rings. The van der Waals surface area contributed by atoms with Gasteiger partial charge in [-0.1, -0.05) is 50.1 Å². The molecule has 0 radical (unpaired) electrons. The van der Waals surface area contributed by atoms with Crippen molar-refractivity contribution in [2.24, 2.45) is 5.92 Å². The second-order valence-electron chi connectivity index (χ2n) is 8.76. The summed E-state index contributed by atoms with van der Waals surface area (Å²) in [6, 6.07) is 15.9. The van der Waals surface area contributed by atoms with Gasteiger partial charge in [-0.2, -0.15) is 0 Å². The Morgan fingerprint density at radius 3 is 2.39 bits per heavy atom. The lowest BCUT2D eigenvalue weighted by Gasteiger charge is -2.30. The minimum atomic E-state index is -0.0938. The fourth-order valence-electron chi connectivity index (χ4n) is 4.92. The molecule has 31 heavy (non-hydrogen) atoms. The van der Waals surface area contributed by atoms with Crippen molar-refractivity contribution in [2.45, 2.75) is 51.6 Å². The number of rotatable bonds is 4. The van der Waals surface area contributed by atoms with Crippen LogP contribution in [0, 0.1) is 5.92 Å². The molecule has 3 aromatic heterocycles. The van der Waals surface area contributed by atoms with Crippen LogP contribution in [-0.2, 0) is 13.0 Å². The summed E-state index contributed by atoms with van der Waals surface area (Å²) in [5, 5.41) is 1.04. The number of hydrogen-bond donors (Lipinski definition) is 0. The standard InChI is InChI=1S/C26H27N3O2/c1-18-7-5-6-10-24(18)29-16-13-23-21(26(29)31)17-20-22(27-23)12-15-28(25(20)30)14-11-19-8-3-2-4-9-19/h2-4,8-9,12-13,15-18,24H,5-7,10-11,14H2,1H3/t18-,24+/m0/s1. The van der Waals surface area contributed by atoms with E-state index in [0.717, 1.165) is 25.7 Å². The Balaban J connectivity index is 1.56. The predicted molar refractivity (Wildman–Crippen MR) is 125 cm³/mol. The highest BCUT2D eigenvalue weighted by Crippen LogP contribution is 2.32. The Morgan fingerprint density at radius 1 is 0.903 bits per heavy atom. The molecule has 1 aliphatic carbocycles. The molecule has 5 heteroatoms. The van der Waals surface area contributed by atoms with E-state index in [1.807, 2.05) is 41.1 Å². The van der Waals surface area contributed by atoms with E-state index >= 15 is 0 Å². The number of fused-ring (bicyclic) bond motifs is 2. The topological polar surface area (TPSA) is 56.9 Å². The first-order valence-electron chi connectivity index (χ1n) is 11.2. The molecule has 5 rings (SSSR count). The Morgan fingerprint density at radius 2 is 1.61 bits per heavy atom. The third-order valence-electron chi connectivity index (χ3n) is 6.75. The first kappa shape index (κ1) is 19.7. The van der Waals surface area contributed by atoms with Gasteiger partial charge in [0.2, 0.25) is 0 Å². The van der Waals surface area contributed by atoms with Gasteiger partial charge in [0, 0.05) is 25.0 Å². The van der Waals surface area contributed by atoms with Crippen molar-refractivity contribution < 1.29 is 0 Å². The van der Waals surface area contributed by atoms with E-state index < -0.39 is 0 Å². The van der Waals surface area contributed by atoms with Crippen molar-refractivity contribution in [3.63, 3.8) is 0 Å². The third-order valence-corrected chi connectivity index (χ3v) is 6.75. The van der Waals surface area contributed by atoms with Crippen molar-refractivity contribution in [3.8, 4) is 0 Å². The lowest BCUT2D eigenvalue weighted by molar-refractivity contribution is 0.253. The Bertz CT molecular complexity index is 1350. The molecule has 0 bridgehead atoms.